The van der Waals surface area contributed by atoms with Crippen LogP contribution in [0.4, 0.5) is 0 Å². The fraction of sp³-hybridized carbons (Fsp3) is 0.647. The number of aromatic nitrogens is 3. The van der Waals surface area contributed by atoms with Gasteiger partial charge in [-0.25, -0.2) is 9.97 Å². The molecule has 0 amide bonds. The Morgan fingerprint density at radius 1 is 1.12 bits per heavy atom. The fourth-order valence-corrected chi connectivity index (χ4v) is 5.07. The molecule has 1 saturated heterocycles. The van der Waals surface area contributed by atoms with E-state index in [9.17, 15) is 0 Å². The van der Waals surface area contributed by atoms with Gasteiger partial charge in [0.25, 0.3) is 0 Å². The Morgan fingerprint density at radius 2 is 1.83 bits per heavy atom. The van der Waals surface area contributed by atoms with Crippen LogP contribution in [0, 0.1) is 0 Å². The first-order valence-electron chi connectivity index (χ1n) is 8.74. The van der Waals surface area contributed by atoms with Gasteiger partial charge in [-0.15, -0.1) is 0 Å². The number of imidazole rings is 1. The van der Waals surface area contributed by atoms with Gasteiger partial charge in [0.15, 0.2) is 5.15 Å². The van der Waals surface area contributed by atoms with Crippen LogP contribution < -0.4 is 0 Å². The predicted octanol–water partition coefficient (Wildman–Crippen LogP) is 3.42. The summed E-state index contributed by atoms with van der Waals surface area (Å²) in [5, 5.41) is 0.509. The largest absolute Gasteiger partial charge is 0.304 e. The van der Waals surface area contributed by atoms with Gasteiger partial charge in [-0.3, -0.25) is 9.30 Å². The third kappa shape index (κ3) is 3.09. The average Bonchev–Trinajstić information content (AvgIpc) is 2.94. The van der Waals surface area contributed by atoms with Gasteiger partial charge in [0.1, 0.15) is 15.9 Å². The van der Waals surface area contributed by atoms with E-state index in [1.807, 2.05) is 6.20 Å². The van der Waals surface area contributed by atoms with Gasteiger partial charge in [-0.1, -0.05) is 11.6 Å². The third-order valence-electron chi connectivity index (χ3n) is 5.61. The number of nitrogens with zero attached hydrogens (tertiary/aromatic N) is 5. The summed E-state index contributed by atoms with van der Waals surface area (Å²) in [5.41, 5.74) is 0.885. The van der Waals surface area contributed by atoms with Crippen molar-refractivity contribution in [2.75, 3.05) is 33.2 Å². The highest BCUT2D eigenvalue weighted by atomic mass is 79.9. The van der Waals surface area contributed by atoms with Crippen LogP contribution in [0.25, 0.3) is 5.52 Å². The summed E-state index contributed by atoms with van der Waals surface area (Å²) in [6, 6.07) is 0.745. The lowest BCUT2D eigenvalue weighted by molar-refractivity contribution is 0.0872. The molecule has 2 aromatic rings. The molecule has 7 heteroatoms. The van der Waals surface area contributed by atoms with Gasteiger partial charge < -0.3 is 4.90 Å². The molecule has 0 unspecified atom stereocenters. The summed E-state index contributed by atoms with van der Waals surface area (Å²) in [7, 11) is 2.22. The first kappa shape index (κ1) is 16.8. The van der Waals surface area contributed by atoms with Crippen molar-refractivity contribution in [1.29, 1.82) is 0 Å². The molecule has 0 N–H and O–H groups in total. The molecule has 2 aromatic heterocycles. The quantitative estimate of drug-likeness (QED) is 0.757. The normalized spacial score (nSPS) is 27.0. The van der Waals surface area contributed by atoms with Crippen LogP contribution in [0.2, 0.25) is 5.15 Å². The molecule has 3 heterocycles. The Kier molecular flexibility index (Phi) is 4.82. The van der Waals surface area contributed by atoms with Gasteiger partial charge in [0.2, 0.25) is 0 Å². The minimum absolute atomic E-state index is 0.506. The van der Waals surface area contributed by atoms with Gasteiger partial charge in [0.05, 0.1) is 0 Å². The van der Waals surface area contributed by atoms with E-state index in [-0.39, 0.29) is 0 Å². The smallest absolute Gasteiger partial charge is 0.155 e. The van der Waals surface area contributed by atoms with E-state index in [1.54, 1.807) is 6.20 Å². The molecule has 130 valence electrons. The Labute approximate surface area is 156 Å². The summed E-state index contributed by atoms with van der Waals surface area (Å²) < 4.78 is 2.91. The lowest BCUT2D eigenvalue weighted by Gasteiger charge is -2.41. The van der Waals surface area contributed by atoms with E-state index in [1.165, 1.54) is 51.9 Å². The monoisotopic (exact) mass is 411 g/mol. The van der Waals surface area contributed by atoms with Crippen molar-refractivity contribution in [3.05, 3.63) is 28.0 Å². The summed E-state index contributed by atoms with van der Waals surface area (Å²) >= 11 is 9.78. The van der Waals surface area contributed by atoms with Crippen LogP contribution in [-0.4, -0.2) is 63.4 Å². The zero-order valence-electron chi connectivity index (χ0n) is 14.0. The average molecular weight is 413 g/mol. The second-order valence-corrected chi connectivity index (χ2v) is 8.15. The molecule has 1 aliphatic heterocycles. The molecule has 0 spiro atoms. The zero-order chi connectivity index (χ0) is 16.7. The lowest BCUT2D eigenvalue weighted by atomic mass is 9.84. The maximum atomic E-state index is 6.24. The first-order valence-corrected chi connectivity index (χ1v) is 9.91. The van der Waals surface area contributed by atoms with E-state index < -0.39 is 0 Å². The number of fused-ring (bicyclic) bond motifs is 1. The van der Waals surface area contributed by atoms with Crippen molar-refractivity contribution < 1.29 is 0 Å². The number of hydrogen-bond donors (Lipinski definition) is 0. The summed E-state index contributed by atoms with van der Waals surface area (Å²) in [5.74, 6) is 1.63. The van der Waals surface area contributed by atoms with E-state index in [0.717, 1.165) is 22.0 Å². The minimum atomic E-state index is 0.506. The van der Waals surface area contributed by atoms with E-state index in [0.29, 0.717) is 11.1 Å². The van der Waals surface area contributed by atoms with E-state index >= 15 is 0 Å². The second-order valence-electron chi connectivity index (χ2n) is 7.04. The molecule has 24 heavy (non-hydrogen) atoms. The maximum absolute atomic E-state index is 6.24. The Morgan fingerprint density at radius 3 is 2.54 bits per heavy atom. The molecule has 5 nitrogen and oxygen atoms in total. The van der Waals surface area contributed by atoms with Gasteiger partial charge in [-0.05, 0) is 48.7 Å². The van der Waals surface area contributed by atoms with Crippen molar-refractivity contribution in [2.45, 2.75) is 37.6 Å². The van der Waals surface area contributed by atoms with Crippen molar-refractivity contribution in [2.24, 2.45) is 0 Å². The molecule has 1 aliphatic carbocycles. The van der Waals surface area contributed by atoms with Gasteiger partial charge >= 0.3 is 0 Å². The highest BCUT2D eigenvalue weighted by Gasteiger charge is 2.30. The summed E-state index contributed by atoms with van der Waals surface area (Å²) in [4.78, 5) is 14.0. The van der Waals surface area contributed by atoms with Crippen molar-refractivity contribution in [3.8, 4) is 0 Å². The standard InChI is InChI=1S/C17H23BrClN5/c1-22-8-10-23(11-9-22)13-4-2-12(3-5-13)17-21-15(18)14-16(19)20-6-7-24(14)17/h6-7,12-13H,2-5,8-11H2,1H3/t12-,13+. The van der Waals surface area contributed by atoms with Crippen LogP contribution in [0.15, 0.2) is 17.0 Å². The first-order chi connectivity index (χ1) is 11.6. The van der Waals surface area contributed by atoms with Gasteiger partial charge in [-0.2, -0.15) is 0 Å². The summed E-state index contributed by atoms with van der Waals surface area (Å²) in [6.45, 7) is 4.82. The van der Waals surface area contributed by atoms with Crippen LogP contribution in [0.1, 0.15) is 37.4 Å². The molecule has 0 radical (unpaired) electrons. The predicted molar refractivity (Wildman–Crippen MR) is 99.8 cm³/mol. The molecule has 0 aromatic carbocycles. The molecule has 0 atom stereocenters. The molecule has 0 bridgehead atoms. The van der Waals surface area contributed by atoms with Crippen molar-refractivity contribution in [1.82, 2.24) is 24.2 Å². The van der Waals surface area contributed by atoms with Gasteiger partial charge in [0, 0.05) is 50.5 Å². The molecule has 4 rings (SSSR count). The summed E-state index contributed by atoms with van der Waals surface area (Å²) in [6.07, 6.45) is 8.65. The van der Waals surface area contributed by atoms with Crippen molar-refractivity contribution in [3.63, 3.8) is 0 Å². The van der Waals surface area contributed by atoms with E-state index in [4.69, 9.17) is 16.6 Å². The highest BCUT2D eigenvalue weighted by Crippen LogP contribution is 2.37. The van der Waals surface area contributed by atoms with Crippen LogP contribution >= 0.6 is 27.5 Å². The molecular weight excluding hydrogens is 390 g/mol. The topological polar surface area (TPSA) is 36.7 Å². The lowest BCUT2D eigenvalue weighted by Crippen LogP contribution is -2.49. The number of likely N-dealkylation sites (N-methyl/N-ethyl adjacent to an activating group) is 1. The minimum Gasteiger partial charge on any atom is -0.304 e. The Balaban J connectivity index is 1.47. The fourth-order valence-electron chi connectivity index (χ4n) is 4.16. The Bertz CT molecular complexity index is 717. The third-order valence-corrected chi connectivity index (χ3v) is 6.44. The second kappa shape index (κ2) is 6.90. The van der Waals surface area contributed by atoms with Crippen LogP contribution in [0.3, 0.4) is 0 Å². The number of piperazine rings is 1. The molecular formula is C17H23BrClN5. The number of halogens is 2. The number of hydrogen-bond acceptors (Lipinski definition) is 4. The number of rotatable bonds is 2. The molecule has 1 saturated carbocycles. The SMILES string of the molecule is CN1CCN([C@H]2CC[C@@H](c3nc(Br)c4c(Cl)nccn43)CC2)CC1. The highest BCUT2D eigenvalue weighted by molar-refractivity contribution is 9.10. The molecule has 2 aliphatic rings. The molecule has 2 fully saturated rings. The van der Waals surface area contributed by atoms with E-state index in [2.05, 4.69) is 42.2 Å². The zero-order valence-corrected chi connectivity index (χ0v) is 16.3. The maximum Gasteiger partial charge on any atom is 0.155 e. The van der Waals surface area contributed by atoms with Crippen LogP contribution in [0.5, 0.6) is 0 Å². The Hall–Kier alpha value is -0.690. The van der Waals surface area contributed by atoms with Crippen LogP contribution in [-0.2, 0) is 0 Å². The van der Waals surface area contributed by atoms with Crippen molar-refractivity contribution >= 4 is 33.0 Å².